The molecule has 2 aromatic rings. The van der Waals surface area contributed by atoms with E-state index in [0.717, 1.165) is 18.6 Å². The van der Waals surface area contributed by atoms with Gasteiger partial charge in [-0.05, 0) is 36.6 Å². The molecule has 0 aliphatic heterocycles. The number of unbranched alkanes of at least 4 members (excludes halogenated alkanes) is 1. The number of benzene rings is 2. The minimum absolute atomic E-state index is 0.0280. The van der Waals surface area contributed by atoms with E-state index in [-0.39, 0.29) is 36.1 Å². The number of ether oxygens (including phenoxy) is 3. The van der Waals surface area contributed by atoms with Gasteiger partial charge in [-0.2, -0.15) is 0 Å². The minimum Gasteiger partial charge on any atom is -0.487 e. The fraction of sp³-hybridized carbons (Fsp3) is 0.391. The van der Waals surface area contributed by atoms with Crippen molar-refractivity contribution in [2.24, 2.45) is 5.73 Å². The molecule has 0 aliphatic carbocycles. The molecule has 1 atom stereocenters. The number of hydrogen-bond donors (Lipinski definition) is 1. The lowest BCUT2D eigenvalue weighted by atomic mass is 9.91. The number of nitro benzene ring substituents is 2. The Balaban J connectivity index is 2.37. The van der Waals surface area contributed by atoms with Crippen molar-refractivity contribution < 1.29 is 33.6 Å². The van der Waals surface area contributed by atoms with Crippen LogP contribution in [0, 0.1) is 20.2 Å². The Labute approximate surface area is 201 Å². The summed E-state index contributed by atoms with van der Waals surface area (Å²) in [6.45, 7) is 3.98. The molecule has 2 N–H and O–H groups in total. The fourth-order valence-electron chi connectivity index (χ4n) is 2.97. The highest BCUT2D eigenvalue weighted by Gasteiger charge is 2.46. The van der Waals surface area contributed by atoms with Gasteiger partial charge in [0.15, 0.2) is 5.75 Å². The Morgan fingerprint density at radius 2 is 1.63 bits per heavy atom. The van der Waals surface area contributed by atoms with Crippen molar-refractivity contribution in [2.75, 3.05) is 13.2 Å². The molecular formula is C23H27N3O9. The quantitative estimate of drug-likeness (QED) is 0.109. The van der Waals surface area contributed by atoms with E-state index in [0.29, 0.717) is 18.4 Å². The van der Waals surface area contributed by atoms with Crippen LogP contribution in [0.4, 0.5) is 11.4 Å². The SMILES string of the molecule is CCCCOC(=O)C(N)(Cc1ccc([N+](=O)[O-])c(OCCC)c1)C(=O)Oc1ccc([N+](=O)[O-])cc1. The Morgan fingerprint density at radius 1 is 0.943 bits per heavy atom. The summed E-state index contributed by atoms with van der Waals surface area (Å²) in [5.74, 6) is -2.28. The molecule has 1 unspecified atom stereocenters. The summed E-state index contributed by atoms with van der Waals surface area (Å²) >= 11 is 0. The lowest BCUT2D eigenvalue weighted by Gasteiger charge is -2.25. The molecule has 0 amide bonds. The van der Waals surface area contributed by atoms with Gasteiger partial charge in [-0.3, -0.25) is 20.2 Å². The predicted octanol–water partition coefficient (Wildman–Crippen LogP) is 3.48. The third kappa shape index (κ3) is 7.21. The van der Waals surface area contributed by atoms with Crippen LogP contribution in [0.1, 0.15) is 38.7 Å². The smallest absolute Gasteiger partial charge is 0.343 e. The summed E-state index contributed by atoms with van der Waals surface area (Å²) in [5.41, 5.74) is 3.76. The molecule has 0 saturated heterocycles. The summed E-state index contributed by atoms with van der Waals surface area (Å²) in [6.07, 6.45) is 1.49. The van der Waals surface area contributed by atoms with Crippen LogP contribution in [0.5, 0.6) is 11.5 Å². The second-order valence-corrected chi connectivity index (χ2v) is 7.69. The Hall–Kier alpha value is -4.06. The number of carbonyl (C=O) groups excluding carboxylic acids is 2. The van der Waals surface area contributed by atoms with Gasteiger partial charge in [-0.1, -0.05) is 26.3 Å². The summed E-state index contributed by atoms with van der Waals surface area (Å²) in [4.78, 5) is 46.9. The zero-order chi connectivity index (χ0) is 26.0. The van der Waals surface area contributed by atoms with Crippen LogP contribution in [0.25, 0.3) is 0 Å². The highest BCUT2D eigenvalue weighted by molar-refractivity contribution is 6.05. The number of hydrogen-bond acceptors (Lipinski definition) is 10. The molecule has 2 rings (SSSR count). The topological polar surface area (TPSA) is 174 Å². The van der Waals surface area contributed by atoms with Gasteiger partial charge in [0.05, 0.1) is 23.1 Å². The van der Waals surface area contributed by atoms with Gasteiger partial charge in [0.25, 0.3) is 5.69 Å². The van der Waals surface area contributed by atoms with Crippen LogP contribution in [-0.2, 0) is 20.7 Å². The Morgan fingerprint density at radius 3 is 2.20 bits per heavy atom. The number of nitro groups is 2. The summed E-state index contributed by atoms with van der Waals surface area (Å²) in [5, 5.41) is 22.2. The van der Waals surface area contributed by atoms with Gasteiger partial charge in [0, 0.05) is 24.6 Å². The van der Waals surface area contributed by atoms with E-state index in [4.69, 9.17) is 19.9 Å². The predicted molar refractivity (Wildman–Crippen MR) is 124 cm³/mol. The van der Waals surface area contributed by atoms with Crippen LogP contribution in [0.15, 0.2) is 42.5 Å². The zero-order valence-electron chi connectivity index (χ0n) is 19.4. The van der Waals surface area contributed by atoms with E-state index in [1.807, 2.05) is 13.8 Å². The maximum absolute atomic E-state index is 13.0. The minimum atomic E-state index is -2.30. The lowest BCUT2D eigenvalue weighted by molar-refractivity contribution is -0.385. The first-order valence-electron chi connectivity index (χ1n) is 10.9. The van der Waals surface area contributed by atoms with Crippen LogP contribution in [0.2, 0.25) is 0 Å². The maximum atomic E-state index is 13.0. The Bertz CT molecular complexity index is 1070. The molecule has 12 nitrogen and oxygen atoms in total. The standard InChI is InChI=1S/C23H27N3O9/c1-3-5-13-34-21(27)23(24,22(28)35-18-9-7-17(8-10-18)25(29)30)15-16-6-11-19(26(31)32)20(14-16)33-12-4-2/h6-11,14H,3-5,12-13,15,24H2,1-2H3. The molecule has 0 saturated carbocycles. The zero-order valence-corrected chi connectivity index (χ0v) is 19.4. The lowest BCUT2D eigenvalue weighted by Crippen LogP contribution is -2.59. The van der Waals surface area contributed by atoms with E-state index in [1.165, 1.54) is 30.3 Å². The molecule has 0 fully saturated rings. The van der Waals surface area contributed by atoms with Gasteiger partial charge < -0.3 is 19.9 Å². The third-order valence-corrected chi connectivity index (χ3v) is 4.88. The van der Waals surface area contributed by atoms with Crippen molar-refractivity contribution >= 4 is 23.3 Å². The van der Waals surface area contributed by atoms with Gasteiger partial charge >= 0.3 is 17.6 Å². The summed E-state index contributed by atoms with van der Waals surface area (Å²) in [6, 6.07) is 8.56. The molecule has 0 aromatic heterocycles. The van der Waals surface area contributed by atoms with Crippen LogP contribution >= 0.6 is 0 Å². The van der Waals surface area contributed by atoms with E-state index in [1.54, 1.807) is 0 Å². The first-order valence-corrected chi connectivity index (χ1v) is 10.9. The van der Waals surface area contributed by atoms with Gasteiger partial charge in [-0.25, -0.2) is 9.59 Å². The van der Waals surface area contributed by atoms with Crippen molar-refractivity contribution in [1.29, 1.82) is 0 Å². The third-order valence-electron chi connectivity index (χ3n) is 4.88. The summed E-state index contributed by atoms with van der Waals surface area (Å²) in [7, 11) is 0. The maximum Gasteiger partial charge on any atom is 0.343 e. The molecule has 35 heavy (non-hydrogen) atoms. The normalized spacial score (nSPS) is 12.3. The van der Waals surface area contributed by atoms with Gasteiger partial charge in [-0.15, -0.1) is 0 Å². The highest BCUT2D eigenvalue weighted by atomic mass is 16.6. The molecular weight excluding hydrogens is 462 g/mol. The molecule has 0 bridgehead atoms. The number of nitrogens with zero attached hydrogens (tertiary/aromatic N) is 2. The molecule has 2 aromatic carbocycles. The van der Waals surface area contributed by atoms with E-state index < -0.39 is 33.7 Å². The number of nitrogens with two attached hydrogens (primary N) is 1. The highest BCUT2D eigenvalue weighted by Crippen LogP contribution is 2.30. The fourth-order valence-corrected chi connectivity index (χ4v) is 2.97. The van der Waals surface area contributed by atoms with E-state index in [2.05, 4.69) is 0 Å². The van der Waals surface area contributed by atoms with Crippen molar-refractivity contribution in [2.45, 2.75) is 45.1 Å². The van der Waals surface area contributed by atoms with Crippen molar-refractivity contribution in [3.05, 3.63) is 68.3 Å². The van der Waals surface area contributed by atoms with Crippen molar-refractivity contribution in [3.63, 3.8) is 0 Å². The molecule has 0 spiro atoms. The molecule has 12 heteroatoms. The van der Waals surface area contributed by atoms with Crippen molar-refractivity contribution in [1.82, 2.24) is 0 Å². The second-order valence-electron chi connectivity index (χ2n) is 7.69. The first kappa shape index (κ1) is 27.2. The second kappa shape index (κ2) is 12.4. The van der Waals surface area contributed by atoms with Crippen LogP contribution in [-0.4, -0.2) is 40.5 Å². The van der Waals surface area contributed by atoms with Crippen molar-refractivity contribution in [3.8, 4) is 11.5 Å². The van der Waals surface area contributed by atoms with Crippen LogP contribution < -0.4 is 15.2 Å². The van der Waals surface area contributed by atoms with Gasteiger partial charge in [0.1, 0.15) is 5.75 Å². The van der Waals surface area contributed by atoms with Gasteiger partial charge in [0.2, 0.25) is 5.54 Å². The summed E-state index contributed by atoms with van der Waals surface area (Å²) < 4.78 is 15.9. The largest absolute Gasteiger partial charge is 0.487 e. The van der Waals surface area contributed by atoms with E-state index >= 15 is 0 Å². The number of non-ortho nitro benzene ring substituents is 1. The molecule has 188 valence electrons. The number of carbonyl (C=O) groups is 2. The van der Waals surface area contributed by atoms with Crippen LogP contribution in [0.3, 0.4) is 0 Å². The number of rotatable bonds is 13. The Kier molecular flexibility index (Phi) is 9.64. The molecule has 0 aliphatic rings. The number of esters is 2. The average molecular weight is 489 g/mol. The molecule has 0 heterocycles. The average Bonchev–Trinajstić information content (AvgIpc) is 2.82. The molecule has 0 radical (unpaired) electrons. The monoisotopic (exact) mass is 489 g/mol. The first-order chi connectivity index (χ1) is 16.6. The van der Waals surface area contributed by atoms with E-state index in [9.17, 15) is 29.8 Å².